The summed E-state index contributed by atoms with van der Waals surface area (Å²) in [4.78, 5) is 25.7. The highest BCUT2D eigenvalue weighted by atomic mass is 35.5. The summed E-state index contributed by atoms with van der Waals surface area (Å²) in [6.45, 7) is 6.89. The lowest BCUT2D eigenvalue weighted by Crippen LogP contribution is -2.46. The molecule has 0 fully saturated rings. The fraction of sp³-hybridized carbons (Fsp3) is 0.500. The topological polar surface area (TPSA) is 112 Å². The number of primary amides is 1. The Morgan fingerprint density at radius 2 is 2.04 bits per heavy atom. The molecule has 2 unspecified atom stereocenters. The molecule has 1 aliphatic heterocycles. The third-order valence-corrected chi connectivity index (χ3v) is 10.5. The second-order valence-corrected chi connectivity index (χ2v) is 14.1. The Labute approximate surface area is 302 Å². The van der Waals surface area contributed by atoms with Crippen LogP contribution in [0.25, 0.3) is 0 Å². The van der Waals surface area contributed by atoms with Crippen molar-refractivity contribution in [3.8, 4) is 11.6 Å². The Bertz CT molecular complexity index is 1610. The molecule has 2 aromatic carbocycles. The van der Waals surface area contributed by atoms with Gasteiger partial charge >= 0.3 is 0 Å². The third kappa shape index (κ3) is 9.75. The molecule has 3 aromatic rings. The minimum atomic E-state index is -0.410. The molecule has 9 nitrogen and oxygen atoms in total. The summed E-state index contributed by atoms with van der Waals surface area (Å²) in [6, 6.07) is 12.0. The minimum Gasteiger partial charge on any atom is -0.490 e. The van der Waals surface area contributed by atoms with Gasteiger partial charge in [0.2, 0.25) is 11.8 Å². The van der Waals surface area contributed by atoms with Crippen LogP contribution in [0.5, 0.6) is 11.6 Å². The van der Waals surface area contributed by atoms with Crippen LogP contribution in [0.1, 0.15) is 84.2 Å². The first-order chi connectivity index (χ1) is 23.5. The van der Waals surface area contributed by atoms with Crippen LogP contribution in [0.4, 0.5) is 5.69 Å². The standard InChI is InChI=1S/C31H41ClN2O2S.C7H11N3O2/c1-3-23(9-6-4-5-8-22(2)19-37)18-34-20-31(15-7-10-24-16-26(32)12-13-27(24)31)21-36-29-14-11-25(30(33)35)17-28(29)34;1-8-6(11)5-4-10(2)9-7(5)12-3/h4-5,11-14,16-17,22-23,37H,3,6-10,15,18-21H2,1-2H3,(H2,33,35);4H,1-3H3,(H,8,11)/b5-4+;/t22?,23?,31-;/m0./s1. The monoisotopic (exact) mass is 709 g/mol. The lowest BCUT2D eigenvalue weighted by Gasteiger charge is -2.41. The molecule has 1 spiro atoms. The van der Waals surface area contributed by atoms with Crippen LogP contribution in [-0.4, -0.2) is 61.2 Å². The van der Waals surface area contributed by atoms with Crippen LogP contribution in [0, 0.1) is 11.8 Å². The molecular weight excluding hydrogens is 658 g/mol. The number of allylic oxidation sites excluding steroid dienone is 2. The van der Waals surface area contributed by atoms with Crippen LogP contribution >= 0.6 is 24.2 Å². The summed E-state index contributed by atoms with van der Waals surface area (Å²) in [5.74, 6) is 2.63. The second kappa shape index (κ2) is 17.9. The van der Waals surface area contributed by atoms with Gasteiger partial charge in [0.25, 0.3) is 5.91 Å². The first-order valence-electron chi connectivity index (χ1n) is 17.2. The van der Waals surface area contributed by atoms with E-state index in [1.807, 2.05) is 18.2 Å². The van der Waals surface area contributed by atoms with Crippen LogP contribution in [0.2, 0.25) is 5.02 Å². The average molecular weight is 710 g/mol. The molecular formula is C38H52ClN5O4S. The summed E-state index contributed by atoms with van der Waals surface area (Å²) in [5.41, 5.74) is 10.2. The van der Waals surface area contributed by atoms with Crippen LogP contribution < -0.4 is 25.4 Å². The van der Waals surface area contributed by atoms with Gasteiger partial charge in [0.05, 0.1) is 19.4 Å². The molecule has 3 atom stereocenters. The van der Waals surface area contributed by atoms with E-state index in [1.54, 1.807) is 26.4 Å². The van der Waals surface area contributed by atoms with Crippen molar-refractivity contribution >= 4 is 41.7 Å². The number of aryl methyl sites for hydroxylation is 2. The van der Waals surface area contributed by atoms with Crippen molar-refractivity contribution in [2.75, 3.05) is 44.5 Å². The van der Waals surface area contributed by atoms with E-state index in [2.05, 4.69) is 66.1 Å². The van der Waals surface area contributed by atoms with Crippen molar-refractivity contribution in [2.24, 2.45) is 24.6 Å². The number of nitrogens with two attached hydrogens (primary N) is 1. The minimum absolute atomic E-state index is 0.120. The number of hydrogen-bond donors (Lipinski definition) is 3. The molecule has 0 radical (unpaired) electrons. The Balaban J connectivity index is 0.000000380. The maximum Gasteiger partial charge on any atom is 0.258 e. The number of amides is 2. The van der Waals surface area contributed by atoms with Gasteiger partial charge in [0, 0.05) is 49.4 Å². The lowest BCUT2D eigenvalue weighted by atomic mass is 9.70. The summed E-state index contributed by atoms with van der Waals surface area (Å²) < 4.78 is 12.9. The Morgan fingerprint density at radius 1 is 1.24 bits per heavy atom. The van der Waals surface area contributed by atoms with Crippen molar-refractivity contribution in [1.29, 1.82) is 0 Å². The SMILES string of the molecule is CCC(CC/C=C/CC(C)CS)CN1C[C@@]2(CCCc3cc(Cl)ccc32)COc2ccc(C(N)=O)cc21.CNC(=O)c1cn(C)nc1OC. The summed E-state index contributed by atoms with van der Waals surface area (Å²) >= 11 is 10.8. The predicted molar refractivity (Wildman–Crippen MR) is 202 cm³/mol. The highest BCUT2D eigenvalue weighted by molar-refractivity contribution is 7.80. The first kappa shape index (κ1) is 38.2. The van der Waals surface area contributed by atoms with Gasteiger partial charge in [-0.2, -0.15) is 12.6 Å². The number of anilines is 1. The van der Waals surface area contributed by atoms with Crippen molar-refractivity contribution < 1.29 is 19.1 Å². The molecule has 2 aliphatic rings. The molecule has 49 heavy (non-hydrogen) atoms. The van der Waals surface area contributed by atoms with Gasteiger partial charge in [-0.15, -0.1) is 5.10 Å². The van der Waals surface area contributed by atoms with Crippen molar-refractivity contribution in [1.82, 2.24) is 15.1 Å². The van der Waals surface area contributed by atoms with Crippen molar-refractivity contribution in [2.45, 2.75) is 64.2 Å². The maximum absolute atomic E-state index is 12.1. The summed E-state index contributed by atoms with van der Waals surface area (Å²) in [6.07, 6.45) is 13.9. The number of nitrogens with one attached hydrogen (secondary N) is 1. The number of carbonyl (C=O) groups is 2. The molecule has 0 bridgehead atoms. The number of halogens is 1. The lowest BCUT2D eigenvalue weighted by molar-refractivity contribution is 0.0958. The molecule has 11 heteroatoms. The number of methoxy groups -OCH3 is 1. The van der Waals surface area contributed by atoms with Crippen molar-refractivity contribution in [3.63, 3.8) is 0 Å². The van der Waals surface area contributed by atoms with Crippen LogP contribution in [0.3, 0.4) is 0 Å². The fourth-order valence-electron chi connectivity index (χ4n) is 6.77. The number of benzene rings is 2. The quantitative estimate of drug-likeness (QED) is 0.138. The van der Waals surface area contributed by atoms with Gasteiger partial charge < -0.3 is 25.4 Å². The third-order valence-electron chi connectivity index (χ3n) is 9.60. The van der Waals surface area contributed by atoms with E-state index in [-0.39, 0.29) is 11.3 Å². The van der Waals surface area contributed by atoms with Crippen LogP contribution in [-0.2, 0) is 18.9 Å². The molecule has 3 N–H and O–H groups in total. The Hall–Kier alpha value is -3.63. The maximum atomic E-state index is 12.1. The first-order valence-corrected chi connectivity index (χ1v) is 18.2. The number of rotatable bonds is 12. The normalized spacial score (nSPS) is 18.0. The van der Waals surface area contributed by atoms with Gasteiger partial charge in [0.1, 0.15) is 11.3 Å². The zero-order chi connectivity index (χ0) is 35.6. The number of aromatic nitrogens is 2. The average Bonchev–Trinajstić information content (AvgIpc) is 3.42. The van der Waals surface area contributed by atoms with E-state index in [0.29, 0.717) is 35.4 Å². The number of ether oxygens (including phenoxy) is 2. The van der Waals surface area contributed by atoms with Gasteiger partial charge in [-0.1, -0.05) is 50.1 Å². The highest BCUT2D eigenvalue weighted by Crippen LogP contribution is 2.45. The predicted octanol–water partition coefficient (Wildman–Crippen LogP) is 7.02. The van der Waals surface area contributed by atoms with E-state index in [0.717, 1.165) is 80.2 Å². The molecule has 266 valence electrons. The molecule has 2 amide bonds. The van der Waals surface area contributed by atoms with Crippen LogP contribution in [0.15, 0.2) is 54.7 Å². The van der Waals surface area contributed by atoms with E-state index in [9.17, 15) is 9.59 Å². The number of thiol groups is 1. The van der Waals surface area contributed by atoms with E-state index < -0.39 is 5.91 Å². The molecule has 5 rings (SSSR count). The van der Waals surface area contributed by atoms with Gasteiger partial charge in [0.15, 0.2) is 0 Å². The summed E-state index contributed by atoms with van der Waals surface area (Å²) in [7, 11) is 4.78. The van der Waals surface area contributed by atoms with E-state index >= 15 is 0 Å². The number of fused-ring (bicyclic) bond motifs is 3. The van der Waals surface area contributed by atoms with Crippen molar-refractivity contribution in [3.05, 3.63) is 82.0 Å². The molecule has 2 heterocycles. The zero-order valence-electron chi connectivity index (χ0n) is 29.5. The second-order valence-electron chi connectivity index (χ2n) is 13.3. The van der Waals surface area contributed by atoms with E-state index in [4.69, 9.17) is 26.8 Å². The van der Waals surface area contributed by atoms with Gasteiger partial charge in [-0.25, -0.2) is 0 Å². The zero-order valence-corrected chi connectivity index (χ0v) is 31.2. The summed E-state index contributed by atoms with van der Waals surface area (Å²) in [5, 5.41) is 7.22. The molecule has 1 aromatic heterocycles. The Morgan fingerprint density at radius 3 is 2.73 bits per heavy atom. The molecule has 0 saturated heterocycles. The number of carbonyl (C=O) groups excluding carboxylic acids is 2. The fourth-order valence-corrected chi connectivity index (χ4v) is 7.11. The van der Waals surface area contributed by atoms with Gasteiger partial charge in [-0.3, -0.25) is 14.3 Å². The number of nitrogens with zero attached hydrogens (tertiary/aromatic N) is 3. The molecule has 1 aliphatic carbocycles. The smallest absolute Gasteiger partial charge is 0.258 e. The van der Waals surface area contributed by atoms with E-state index in [1.165, 1.54) is 22.9 Å². The molecule has 0 saturated carbocycles. The largest absolute Gasteiger partial charge is 0.490 e. The highest BCUT2D eigenvalue weighted by Gasteiger charge is 2.42. The van der Waals surface area contributed by atoms with Gasteiger partial charge in [-0.05, 0) is 97.6 Å². The number of hydrogen-bond acceptors (Lipinski definition) is 7. The Kier molecular flexibility index (Phi) is 13.9.